The van der Waals surface area contributed by atoms with Crippen molar-refractivity contribution in [3.8, 4) is 5.75 Å². The smallest absolute Gasteiger partial charge is 0.262 e. The van der Waals surface area contributed by atoms with Crippen LogP contribution in [0.3, 0.4) is 0 Å². The molecule has 0 heterocycles. The molecule has 0 aliphatic rings. The van der Waals surface area contributed by atoms with Crippen LogP contribution in [-0.4, -0.2) is 21.4 Å². The van der Waals surface area contributed by atoms with Gasteiger partial charge in [0.05, 0.1) is 17.7 Å². The van der Waals surface area contributed by atoms with Crippen LogP contribution in [0.5, 0.6) is 5.75 Å². The summed E-state index contributed by atoms with van der Waals surface area (Å²) in [6, 6.07) is 11.6. The maximum Gasteiger partial charge on any atom is 0.262 e. The lowest BCUT2D eigenvalue weighted by Gasteiger charge is -2.13. The normalized spacial score (nSPS) is 11.0. The number of aryl methyl sites for hydroxylation is 1. The lowest BCUT2D eigenvalue weighted by Crippen LogP contribution is -2.14. The van der Waals surface area contributed by atoms with E-state index in [1.165, 1.54) is 32.2 Å². The Labute approximate surface area is 148 Å². The standard InChI is InChI=1S/C18H22N2O4S/c1-4-5-14-6-8-15(9-7-14)20-25(22,23)16-10-11-17(19-13(2)21)18(12-16)24-3/h6-12,20H,4-5H2,1-3H3,(H,19,21). The number of carbonyl (C=O) groups is 1. The van der Waals surface area contributed by atoms with Gasteiger partial charge in [0.15, 0.2) is 0 Å². The zero-order valence-electron chi connectivity index (χ0n) is 14.5. The molecule has 0 saturated heterocycles. The van der Waals surface area contributed by atoms with Gasteiger partial charge in [-0.25, -0.2) is 8.42 Å². The number of carbonyl (C=O) groups excluding carboxylic acids is 1. The van der Waals surface area contributed by atoms with E-state index in [2.05, 4.69) is 17.0 Å². The lowest BCUT2D eigenvalue weighted by molar-refractivity contribution is -0.114. The number of sulfonamides is 1. The summed E-state index contributed by atoms with van der Waals surface area (Å²) in [6.45, 7) is 3.46. The van der Waals surface area contributed by atoms with Crippen molar-refractivity contribution >= 4 is 27.3 Å². The van der Waals surface area contributed by atoms with E-state index in [0.29, 0.717) is 11.4 Å². The first-order chi connectivity index (χ1) is 11.9. The fourth-order valence-electron chi connectivity index (χ4n) is 2.37. The molecule has 0 bridgehead atoms. The number of ether oxygens (including phenoxy) is 1. The molecule has 6 nitrogen and oxygen atoms in total. The number of amides is 1. The Morgan fingerprint density at radius 2 is 1.80 bits per heavy atom. The summed E-state index contributed by atoms with van der Waals surface area (Å²) >= 11 is 0. The van der Waals surface area contributed by atoms with Gasteiger partial charge < -0.3 is 10.1 Å². The van der Waals surface area contributed by atoms with Gasteiger partial charge in [0.25, 0.3) is 10.0 Å². The second kappa shape index (κ2) is 8.02. The van der Waals surface area contributed by atoms with E-state index in [4.69, 9.17) is 4.74 Å². The van der Waals surface area contributed by atoms with E-state index < -0.39 is 10.0 Å². The van der Waals surface area contributed by atoms with E-state index in [9.17, 15) is 13.2 Å². The van der Waals surface area contributed by atoms with E-state index in [1.807, 2.05) is 12.1 Å². The number of rotatable bonds is 7. The number of hydrogen-bond acceptors (Lipinski definition) is 4. The van der Waals surface area contributed by atoms with Crippen LogP contribution in [0.1, 0.15) is 25.8 Å². The van der Waals surface area contributed by atoms with E-state index in [1.54, 1.807) is 12.1 Å². The second-order valence-corrected chi connectivity index (χ2v) is 7.28. The number of nitrogens with one attached hydrogen (secondary N) is 2. The molecule has 0 aliphatic carbocycles. The molecule has 2 aromatic rings. The Hall–Kier alpha value is -2.54. The Morgan fingerprint density at radius 3 is 2.36 bits per heavy atom. The molecule has 134 valence electrons. The van der Waals surface area contributed by atoms with Gasteiger partial charge in [-0.05, 0) is 36.2 Å². The van der Waals surface area contributed by atoms with Gasteiger partial charge in [0.1, 0.15) is 5.75 Å². The Balaban J connectivity index is 2.25. The maximum absolute atomic E-state index is 12.6. The summed E-state index contributed by atoms with van der Waals surface area (Å²) in [4.78, 5) is 11.2. The van der Waals surface area contributed by atoms with Crippen molar-refractivity contribution in [2.45, 2.75) is 31.6 Å². The zero-order chi connectivity index (χ0) is 18.4. The molecule has 25 heavy (non-hydrogen) atoms. The van der Waals surface area contributed by atoms with Crippen molar-refractivity contribution in [2.24, 2.45) is 0 Å². The molecule has 7 heteroatoms. The molecular weight excluding hydrogens is 340 g/mol. The van der Waals surface area contributed by atoms with Gasteiger partial charge in [-0.3, -0.25) is 9.52 Å². The average Bonchev–Trinajstić information content (AvgIpc) is 2.56. The topological polar surface area (TPSA) is 84.5 Å². The molecule has 0 atom stereocenters. The fourth-order valence-corrected chi connectivity index (χ4v) is 3.45. The third-order valence-corrected chi connectivity index (χ3v) is 4.92. The van der Waals surface area contributed by atoms with Crippen molar-refractivity contribution < 1.29 is 17.9 Å². The quantitative estimate of drug-likeness (QED) is 0.790. The van der Waals surface area contributed by atoms with Crippen molar-refractivity contribution in [1.29, 1.82) is 0 Å². The van der Waals surface area contributed by atoms with Gasteiger partial charge in [-0.1, -0.05) is 25.5 Å². The molecule has 0 aliphatic heterocycles. The molecule has 0 aromatic heterocycles. The highest BCUT2D eigenvalue weighted by molar-refractivity contribution is 7.92. The molecule has 1 amide bonds. The van der Waals surface area contributed by atoms with Crippen LogP contribution in [0.4, 0.5) is 11.4 Å². The predicted octanol–water partition coefficient (Wildman–Crippen LogP) is 3.41. The summed E-state index contributed by atoms with van der Waals surface area (Å²) in [7, 11) is -2.35. The number of benzene rings is 2. The third-order valence-electron chi connectivity index (χ3n) is 3.54. The minimum Gasteiger partial charge on any atom is -0.495 e. The van der Waals surface area contributed by atoms with Crippen LogP contribution in [0.25, 0.3) is 0 Å². The predicted molar refractivity (Wildman–Crippen MR) is 98.5 cm³/mol. The maximum atomic E-state index is 12.6. The van der Waals surface area contributed by atoms with Gasteiger partial charge in [0, 0.05) is 18.7 Å². The van der Waals surface area contributed by atoms with E-state index in [0.717, 1.165) is 18.4 Å². The summed E-state index contributed by atoms with van der Waals surface area (Å²) in [5.41, 5.74) is 2.06. The van der Waals surface area contributed by atoms with Crippen molar-refractivity contribution in [3.63, 3.8) is 0 Å². The van der Waals surface area contributed by atoms with Gasteiger partial charge >= 0.3 is 0 Å². The molecule has 2 aromatic carbocycles. The second-order valence-electron chi connectivity index (χ2n) is 5.60. The highest BCUT2D eigenvalue weighted by Gasteiger charge is 2.17. The minimum atomic E-state index is -3.76. The lowest BCUT2D eigenvalue weighted by atomic mass is 10.1. The minimum absolute atomic E-state index is 0.0519. The molecule has 0 unspecified atom stereocenters. The summed E-state index contributed by atoms with van der Waals surface area (Å²) in [5, 5.41) is 2.59. The van der Waals surface area contributed by atoms with Crippen LogP contribution in [0.15, 0.2) is 47.4 Å². The van der Waals surface area contributed by atoms with Crippen LogP contribution >= 0.6 is 0 Å². The summed E-state index contributed by atoms with van der Waals surface area (Å²) in [5.74, 6) is 0.00979. The van der Waals surface area contributed by atoms with Crippen LogP contribution in [0.2, 0.25) is 0 Å². The van der Waals surface area contributed by atoms with Crippen molar-refractivity contribution in [3.05, 3.63) is 48.0 Å². The molecular formula is C18H22N2O4S. The van der Waals surface area contributed by atoms with Gasteiger partial charge in [-0.15, -0.1) is 0 Å². The van der Waals surface area contributed by atoms with Crippen molar-refractivity contribution in [2.75, 3.05) is 17.1 Å². The number of anilines is 2. The number of methoxy groups -OCH3 is 1. The highest BCUT2D eigenvalue weighted by atomic mass is 32.2. The Morgan fingerprint density at radius 1 is 1.12 bits per heavy atom. The monoisotopic (exact) mass is 362 g/mol. The SMILES string of the molecule is CCCc1ccc(NS(=O)(=O)c2ccc(NC(C)=O)c(OC)c2)cc1. The molecule has 0 fully saturated rings. The van der Waals surface area contributed by atoms with Crippen LogP contribution < -0.4 is 14.8 Å². The Kier molecular flexibility index (Phi) is 6.03. The Bertz CT molecular complexity index is 846. The van der Waals surface area contributed by atoms with E-state index in [-0.39, 0.29) is 16.6 Å². The largest absolute Gasteiger partial charge is 0.495 e. The summed E-state index contributed by atoms with van der Waals surface area (Å²) in [6.07, 6.45) is 1.99. The summed E-state index contributed by atoms with van der Waals surface area (Å²) < 4.78 is 32.8. The molecule has 0 saturated carbocycles. The van der Waals surface area contributed by atoms with Crippen LogP contribution in [0, 0.1) is 0 Å². The van der Waals surface area contributed by atoms with Gasteiger partial charge in [0.2, 0.25) is 5.91 Å². The first kappa shape index (κ1) is 18.8. The average molecular weight is 362 g/mol. The van der Waals surface area contributed by atoms with Gasteiger partial charge in [-0.2, -0.15) is 0 Å². The number of hydrogen-bond donors (Lipinski definition) is 2. The third kappa shape index (κ3) is 4.96. The zero-order valence-corrected chi connectivity index (χ0v) is 15.3. The molecule has 0 spiro atoms. The fraction of sp³-hybridized carbons (Fsp3) is 0.278. The first-order valence-corrected chi connectivity index (χ1v) is 9.41. The molecule has 2 N–H and O–H groups in total. The van der Waals surface area contributed by atoms with E-state index >= 15 is 0 Å². The van der Waals surface area contributed by atoms with Crippen LogP contribution in [-0.2, 0) is 21.2 Å². The highest BCUT2D eigenvalue weighted by Crippen LogP contribution is 2.28. The first-order valence-electron chi connectivity index (χ1n) is 7.93. The molecule has 2 rings (SSSR count). The van der Waals surface area contributed by atoms with Crippen molar-refractivity contribution in [1.82, 2.24) is 0 Å². The molecule has 0 radical (unpaired) electrons.